The summed E-state index contributed by atoms with van der Waals surface area (Å²) in [5.41, 5.74) is 12.6. The lowest BCUT2D eigenvalue weighted by atomic mass is 9.98. The van der Waals surface area contributed by atoms with E-state index in [1.165, 1.54) is 16.7 Å². The summed E-state index contributed by atoms with van der Waals surface area (Å²) >= 11 is 0. The van der Waals surface area contributed by atoms with Crippen LogP contribution in [0.2, 0.25) is 0 Å². The van der Waals surface area contributed by atoms with E-state index in [4.69, 9.17) is 23.8 Å². The minimum absolute atomic E-state index is 0.534. The summed E-state index contributed by atoms with van der Waals surface area (Å²) in [6.07, 6.45) is 0. The Kier molecular flexibility index (Phi) is 7.42. The summed E-state index contributed by atoms with van der Waals surface area (Å²) in [5.74, 6) is 1.65. The fourth-order valence-corrected chi connectivity index (χ4v) is 7.72. The molecule has 5 heteroatoms. The van der Waals surface area contributed by atoms with Crippen molar-refractivity contribution in [2.45, 2.75) is 0 Å². The quantitative estimate of drug-likeness (QED) is 0.171. The number of nitrogens with zero attached hydrogens (tertiary/aromatic N) is 3. The van der Waals surface area contributed by atoms with Gasteiger partial charge in [-0.15, -0.1) is 0 Å². The Balaban J connectivity index is 1.04. The Hall–Kier alpha value is -7.63. The zero-order valence-corrected chi connectivity index (χ0v) is 30.1. The normalized spacial score (nSPS) is 11.6. The predicted octanol–water partition coefficient (Wildman–Crippen LogP) is 13.7. The molecule has 0 aliphatic rings. The van der Waals surface area contributed by atoms with Gasteiger partial charge in [0, 0.05) is 32.7 Å². The maximum absolute atomic E-state index is 6.45. The molecule has 262 valence electrons. The molecule has 5 nitrogen and oxygen atoms in total. The van der Waals surface area contributed by atoms with Crippen LogP contribution in [0.3, 0.4) is 0 Å². The predicted molar refractivity (Wildman–Crippen MR) is 227 cm³/mol. The zero-order chi connectivity index (χ0) is 37.0. The van der Waals surface area contributed by atoms with Crippen LogP contribution < -0.4 is 0 Å². The van der Waals surface area contributed by atoms with Crippen molar-refractivity contribution in [3.63, 3.8) is 0 Å². The molecular weight excluding hydrogens is 687 g/mol. The monoisotopic (exact) mass is 717 g/mol. The molecule has 0 fully saturated rings. The molecular formula is C51H31N3O2. The second-order valence-electron chi connectivity index (χ2n) is 14.0. The van der Waals surface area contributed by atoms with Crippen LogP contribution in [0.25, 0.3) is 111 Å². The molecule has 0 aliphatic carbocycles. The molecule has 0 saturated carbocycles. The lowest BCUT2D eigenvalue weighted by molar-refractivity contribution is 0.668. The van der Waals surface area contributed by atoms with E-state index >= 15 is 0 Å². The van der Waals surface area contributed by atoms with E-state index in [-0.39, 0.29) is 0 Å². The van der Waals surface area contributed by atoms with E-state index in [1.807, 2.05) is 54.6 Å². The average Bonchev–Trinajstić information content (AvgIpc) is 3.85. The summed E-state index contributed by atoms with van der Waals surface area (Å²) in [6.45, 7) is 0. The van der Waals surface area contributed by atoms with Crippen molar-refractivity contribution in [2.75, 3.05) is 0 Å². The van der Waals surface area contributed by atoms with Gasteiger partial charge >= 0.3 is 0 Å². The number of para-hydroxylation sites is 2. The maximum Gasteiger partial charge on any atom is 0.167 e. The number of fused-ring (bicyclic) bond motifs is 6. The number of furan rings is 2. The first-order valence-corrected chi connectivity index (χ1v) is 18.7. The Morgan fingerprint density at radius 3 is 1.55 bits per heavy atom. The molecule has 0 atom stereocenters. The molecule has 11 aromatic rings. The van der Waals surface area contributed by atoms with E-state index in [2.05, 4.69) is 133 Å². The second-order valence-corrected chi connectivity index (χ2v) is 14.0. The van der Waals surface area contributed by atoms with Crippen LogP contribution in [0.15, 0.2) is 197 Å². The number of benzene rings is 8. The standard InChI is InChI=1S/C51H31N3O2/c1-3-11-32(12-4-1)36-15-9-16-37(29-36)34-21-23-35(24-22-34)49-52-50(54-51(53-49)43-19-10-18-42-40-17-7-8-20-45(40)56-48(42)43)39-25-27-41-44-30-38(33-13-5-2-6-14-33)26-28-46(44)55-47(41)31-39/h1-31H. The van der Waals surface area contributed by atoms with Crippen LogP contribution in [0.4, 0.5) is 0 Å². The van der Waals surface area contributed by atoms with Gasteiger partial charge in [0.2, 0.25) is 0 Å². The van der Waals surface area contributed by atoms with Crippen LogP contribution in [0, 0.1) is 0 Å². The summed E-state index contributed by atoms with van der Waals surface area (Å²) in [5, 5.41) is 4.17. The fourth-order valence-electron chi connectivity index (χ4n) is 7.72. The van der Waals surface area contributed by atoms with Gasteiger partial charge in [0.05, 0.1) is 5.56 Å². The number of hydrogen-bond donors (Lipinski definition) is 0. The van der Waals surface area contributed by atoms with E-state index in [9.17, 15) is 0 Å². The largest absolute Gasteiger partial charge is 0.456 e. The third-order valence-electron chi connectivity index (χ3n) is 10.6. The lowest BCUT2D eigenvalue weighted by Crippen LogP contribution is -2.00. The SMILES string of the molecule is c1ccc(-c2cccc(-c3ccc(-c4nc(-c5ccc6c(c5)oc5ccc(-c7ccccc7)cc56)nc(-c5cccc6c5oc5ccccc56)n4)cc3)c2)cc1. The molecule has 56 heavy (non-hydrogen) atoms. The molecule has 0 spiro atoms. The van der Waals surface area contributed by atoms with Crippen LogP contribution in [0.5, 0.6) is 0 Å². The molecule has 3 heterocycles. The topological polar surface area (TPSA) is 65.0 Å². The Morgan fingerprint density at radius 2 is 0.786 bits per heavy atom. The number of rotatable bonds is 6. The van der Waals surface area contributed by atoms with Gasteiger partial charge in [0.25, 0.3) is 0 Å². The first kappa shape index (κ1) is 31.9. The van der Waals surface area contributed by atoms with E-state index in [1.54, 1.807) is 0 Å². The first-order valence-electron chi connectivity index (χ1n) is 18.7. The van der Waals surface area contributed by atoms with Gasteiger partial charge < -0.3 is 8.83 Å². The minimum atomic E-state index is 0.534. The smallest absolute Gasteiger partial charge is 0.167 e. The highest BCUT2D eigenvalue weighted by Crippen LogP contribution is 2.38. The second kappa shape index (κ2) is 13.0. The van der Waals surface area contributed by atoms with Gasteiger partial charge in [0.15, 0.2) is 17.5 Å². The van der Waals surface area contributed by atoms with Crippen molar-refractivity contribution < 1.29 is 8.83 Å². The highest BCUT2D eigenvalue weighted by molar-refractivity contribution is 6.09. The van der Waals surface area contributed by atoms with Crippen molar-refractivity contribution in [1.29, 1.82) is 0 Å². The third-order valence-corrected chi connectivity index (χ3v) is 10.6. The van der Waals surface area contributed by atoms with Crippen LogP contribution >= 0.6 is 0 Å². The Bertz CT molecular complexity index is 3240. The van der Waals surface area contributed by atoms with Crippen molar-refractivity contribution in [1.82, 2.24) is 15.0 Å². The summed E-state index contributed by atoms with van der Waals surface area (Å²) in [7, 11) is 0. The molecule has 0 N–H and O–H groups in total. The molecule has 0 bridgehead atoms. The summed E-state index contributed by atoms with van der Waals surface area (Å²) < 4.78 is 12.9. The van der Waals surface area contributed by atoms with Gasteiger partial charge in [-0.2, -0.15) is 0 Å². The summed E-state index contributed by atoms with van der Waals surface area (Å²) in [4.78, 5) is 15.3. The molecule has 0 saturated heterocycles. The Morgan fingerprint density at radius 1 is 0.268 bits per heavy atom. The van der Waals surface area contributed by atoms with Gasteiger partial charge in [-0.1, -0.05) is 146 Å². The zero-order valence-electron chi connectivity index (χ0n) is 30.1. The molecule has 8 aromatic carbocycles. The fraction of sp³-hybridized carbons (Fsp3) is 0. The average molecular weight is 718 g/mol. The van der Waals surface area contributed by atoms with Crippen LogP contribution in [-0.4, -0.2) is 15.0 Å². The molecule has 0 unspecified atom stereocenters. The number of aromatic nitrogens is 3. The Labute approximate surface area is 322 Å². The van der Waals surface area contributed by atoms with Crippen LogP contribution in [-0.2, 0) is 0 Å². The third kappa shape index (κ3) is 5.53. The molecule has 3 aromatic heterocycles. The number of hydrogen-bond acceptors (Lipinski definition) is 5. The van der Waals surface area contributed by atoms with Gasteiger partial charge in [-0.3, -0.25) is 0 Å². The highest BCUT2D eigenvalue weighted by atomic mass is 16.3. The van der Waals surface area contributed by atoms with Gasteiger partial charge in [-0.05, 0) is 75.8 Å². The van der Waals surface area contributed by atoms with Crippen LogP contribution in [0.1, 0.15) is 0 Å². The highest BCUT2D eigenvalue weighted by Gasteiger charge is 2.19. The van der Waals surface area contributed by atoms with E-state index in [0.29, 0.717) is 17.5 Å². The first-order chi connectivity index (χ1) is 27.7. The lowest BCUT2D eigenvalue weighted by Gasteiger charge is -2.10. The molecule has 0 radical (unpaired) electrons. The van der Waals surface area contributed by atoms with Crippen molar-refractivity contribution in [2.24, 2.45) is 0 Å². The minimum Gasteiger partial charge on any atom is -0.456 e. The van der Waals surface area contributed by atoms with Crippen molar-refractivity contribution >= 4 is 43.9 Å². The van der Waals surface area contributed by atoms with Gasteiger partial charge in [-0.25, -0.2) is 15.0 Å². The van der Waals surface area contributed by atoms with E-state index in [0.717, 1.165) is 77.3 Å². The summed E-state index contributed by atoms with van der Waals surface area (Å²) in [6, 6.07) is 64.7. The van der Waals surface area contributed by atoms with E-state index < -0.39 is 0 Å². The molecule has 0 amide bonds. The maximum atomic E-state index is 6.45. The van der Waals surface area contributed by atoms with Gasteiger partial charge in [0.1, 0.15) is 22.3 Å². The molecule has 0 aliphatic heterocycles. The van der Waals surface area contributed by atoms with Crippen molar-refractivity contribution in [3.8, 4) is 67.5 Å². The van der Waals surface area contributed by atoms with Crippen molar-refractivity contribution in [3.05, 3.63) is 188 Å². The molecule has 11 rings (SSSR count).